The maximum Gasteiger partial charge on any atom is 0.238 e. The minimum atomic E-state index is -0.996. The molecule has 1 saturated heterocycles. The van der Waals surface area contributed by atoms with Gasteiger partial charge in [-0.3, -0.25) is 14.5 Å². The number of benzene rings is 1. The third kappa shape index (κ3) is 4.49. The quantitative estimate of drug-likeness (QED) is 0.919. The van der Waals surface area contributed by atoms with Gasteiger partial charge in [0.05, 0.1) is 6.54 Å². The minimum absolute atomic E-state index is 0.0353. The molecule has 0 spiro atoms. The summed E-state index contributed by atoms with van der Waals surface area (Å²) >= 11 is 0. The molecule has 1 aliphatic heterocycles. The van der Waals surface area contributed by atoms with Gasteiger partial charge in [-0.25, -0.2) is 8.78 Å². The summed E-state index contributed by atoms with van der Waals surface area (Å²) in [6, 6.07) is 3.24. The number of amides is 2. The van der Waals surface area contributed by atoms with Crippen molar-refractivity contribution in [1.82, 2.24) is 9.80 Å². The van der Waals surface area contributed by atoms with Crippen molar-refractivity contribution in [3.63, 3.8) is 0 Å². The van der Waals surface area contributed by atoms with Crippen LogP contribution in [0, 0.1) is 11.6 Å². The molecule has 5 nitrogen and oxygen atoms in total. The van der Waals surface area contributed by atoms with Crippen LogP contribution in [-0.4, -0.2) is 54.3 Å². The first-order valence-electron chi connectivity index (χ1n) is 7.18. The molecule has 22 heavy (non-hydrogen) atoms. The molecule has 0 aliphatic carbocycles. The average molecular weight is 311 g/mol. The lowest BCUT2D eigenvalue weighted by molar-refractivity contribution is -0.128. The first-order valence-corrected chi connectivity index (χ1v) is 7.18. The molecule has 0 aromatic heterocycles. The van der Waals surface area contributed by atoms with E-state index in [0.29, 0.717) is 19.6 Å². The molecule has 0 atom stereocenters. The van der Waals surface area contributed by atoms with Crippen LogP contribution in [0.4, 0.5) is 14.5 Å². The van der Waals surface area contributed by atoms with Gasteiger partial charge >= 0.3 is 0 Å². The molecule has 1 N–H and O–H groups in total. The van der Waals surface area contributed by atoms with E-state index in [1.165, 1.54) is 13.0 Å². The number of nitrogens with one attached hydrogen (secondary N) is 1. The van der Waals surface area contributed by atoms with E-state index < -0.39 is 11.6 Å². The minimum Gasteiger partial charge on any atom is -0.342 e. The second-order valence-electron chi connectivity index (χ2n) is 5.31. The number of rotatable bonds is 3. The Hall–Kier alpha value is -2.02. The predicted octanol–water partition coefficient (Wildman–Crippen LogP) is 1.46. The summed E-state index contributed by atoms with van der Waals surface area (Å²) in [5.41, 5.74) is 0.226. The fourth-order valence-corrected chi connectivity index (χ4v) is 2.42. The van der Waals surface area contributed by atoms with Crippen molar-refractivity contribution in [2.24, 2.45) is 0 Å². The van der Waals surface area contributed by atoms with E-state index in [4.69, 9.17) is 0 Å². The second-order valence-corrected chi connectivity index (χ2v) is 5.31. The number of hydrogen-bond donors (Lipinski definition) is 1. The zero-order chi connectivity index (χ0) is 16.1. The molecule has 1 aromatic rings. The summed E-state index contributed by atoms with van der Waals surface area (Å²) in [7, 11) is 0. The summed E-state index contributed by atoms with van der Waals surface area (Å²) in [5, 5.41) is 2.54. The SMILES string of the molecule is CC(=O)N1CCCN(CC(=O)Nc2ccc(F)c(F)c2)CC1. The molecule has 1 aliphatic rings. The third-order valence-electron chi connectivity index (χ3n) is 3.60. The Balaban J connectivity index is 1.86. The van der Waals surface area contributed by atoms with Gasteiger partial charge in [-0.05, 0) is 18.6 Å². The van der Waals surface area contributed by atoms with E-state index in [9.17, 15) is 18.4 Å². The van der Waals surface area contributed by atoms with Crippen LogP contribution in [0.25, 0.3) is 0 Å². The lowest BCUT2D eigenvalue weighted by atomic mass is 10.3. The van der Waals surface area contributed by atoms with Gasteiger partial charge < -0.3 is 10.2 Å². The zero-order valence-corrected chi connectivity index (χ0v) is 12.4. The molecule has 0 saturated carbocycles. The number of anilines is 1. The Kier molecular flexibility index (Phi) is 5.43. The van der Waals surface area contributed by atoms with Gasteiger partial charge in [0, 0.05) is 44.9 Å². The normalized spacial score (nSPS) is 16.2. The van der Waals surface area contributed by atoms with E-state index in [-0.39, 0.29) is 24.0 Å². The number of halogens is 2. The van der Waals surface area contributed by atoms with Crippen molar-refractivity contribution in [3.8, 4) is 0 Å². The average Bonchev–Trinajstić information content (AvgIpc) is 2.68. The van der Waals surface area contributed by atoms with Crippen molar-refractivity contribution in [3.05, 3.63) is 29.8 Å². The molecular weight excluding hydrogens is 292 g/mol. The second kappa shape index (κ2) is 7.31. The van der Waals surface area contributed by atoms with E-state index in [0.717, 1.165) is 25.1 Å². The Morgan fingerprint density at radius 3 is 2.59 bits per heavy atom. The van der Waals surface area contributed by atoms with Crippen LogP contribution in [0.15, 0.2) is 18.2 Å². The largest absolute Gasteiger partial charge is 0.342 e. The van der Waals surface area contributed by atoms with Gasteiger partial charge in [-0.15, -0.1) is 0 Å². The first kappa shape index (κ1) is 16.4. The van der Waals surface area contributed by atoms with Crippen molar-refractivity contribution < 1.29 is 18.4 Å². The molecule has 1 heterocycles. The van der Waals surface area contributed by atoms with Crippen LogP contribution < -0.4 is 5.32 Å². The molecule has 0 radical (unpaired) electrons. The van der Waals surface area contributed by atoms with Crippen LogP contribution in [0.5, 0.6) is 0 Å². The highest BCUT2D eigenvalue weighted by atomic mass is 19.2. The number of carbonyl (C=O) groups is 2. The van der Waals surface area contributed by atoms with Crippen molar-refractivity contribution in [2.75, 3.05) is 38.0 Å². The number of carbonyl (C=O) groups excluding carboxylic acids is 2. The predicted molar refractivity (Wildman–Crippen MR) is 78.3 cm³/mol. The van der Waals surface area contributed by atoms with Crippen LogP contribution >= 0.6 is 0 Å². The van der Waals surface area contributed by atoms with E-state index in [2.05, 4.69) is 5.32 Å². The topological polar surface area (TPSA) is 52.7 Å². The Labute approximate surface area is 127 Å². The van der Waals surface area contributed by atoms with Crippen molar-refractivity contribution in [1.29, 1.82) is 0 Å². The number of nitrogens with zero attached hydrogens (tertiary/aromatic N) is 2. The standard InChI is InChI=1S/C15H19F2N3O2/c1-11(21)20-6-2-5-19(7-8-20)10-15(22)18-12-3-4-13(16)14(17)9-12/h3-4,9H,2,5-8,10H2,1H3,(H,18,22). The molecule has 1 aromatic carbocycles. The Morgan fingerprint density at radius 1 is 1.14 bits per heavy atom. The zero-order valence-electron chi connectivity index (χ0n) is 12.4. The van der Waals surface area contributed by atoms with Crippen LogP contribution in [0.2, 0.25) is 0 Å². The summed E-state index contributed by atoms with van der Waals surface area (Å²) < 4.78 is 25.9. The highest BCUT2D eigenvalue weighted by molar-refractivity contribution is 5.92. The van der Waals surface area contributed by atoms with Crippen molar-refractivity contribution >= 4 is 17.5 Å². The van der Waals surface area contributed by atoms with E-state index in [1.807, 2.05) is 4.90 Å². The van der Waals surface area contributed by atoms with Gasteiger partial charge in [-0.2, -0.15) is 0 Å². The summed E-state index contributed by atoms with van der Waals surface area (Å²) in [6.07, 6.45) is 0.804. The monoisotopic (exact) mass is 311 g/mol. The molecule has 2 rings (SSSR count). The highest BCUT2D eigenvalue weighted by Gasteiger charge is 2.18. The molecule has 0 unspecified atom stereocenters. The Bertz CT molecular complexity index is 566. The first-order chi connectivity index (χ1) is 10.5. The van der Waals surface area contributed by atoms with Gasteiger partial charge in [0.1, 0.15) is 0 Å². The van der Waals surface area contributed by atoms with E-state index in [1.54, 1.807) is 4.90 Å². The fraction of sp³-hybridized carbons (Fsp3) is 0.467. The highest BCUT2D eigenvalue weighted by Crippen LogP contribution is 2.13. The fourth-order valence-electron chi connectivity index (χ4n) is 2.42. The van der Waals surface area contributed by atoms with Gasteiger partial charge in [-0.1, -0.05) is 0 Å². The summed E-state index contributed by atoms with van der Waals surface area (Å²) in [6.45, 7) is 4.31. The molecular formula is C15H19F2N3O2. The van der Waals surface area contributed by atoms with Crippen LogP contribution in [0.3, 0.4) is 0 Å². The van der Waals surface area contributed by atoms with Crippen LogP contribution in [0.1, 0.15) is 13.3 Å². The molecule has 7 heteroatoms. The molecule has 1 fully saturated rings. The maximum absolute atomic E-state index is 13.1. The van der Waals surface area contributed by atoms with Crippen LogP contribution in [-0.2, 0) is 9.59 Å². The van der Waals surface area contributed by atoms with Gasteiger partial charge in [0.25, 0.3) is 0 Å². The number of hydrogen-bond acceptors (Lipinski definition) is 3. The maximum atomic E-state index is 13.1. The van der Waals surface area contributed by atoms with E-state index >= 15 is 0 Å². The molecule has 120 valence electrons. The van der Waals surface area contributed by atoms with Crippen molar-refractivity contribution in [2.45, 2.75) is 13.3 Å². The molecule has 0 bridgehead atoms. The summed E-state index contributed by atoms with van der Waals surface area (Å²) in [4.78, 5) is 27.0. The smallest absolute Gasteiger partial charge is 0.238 e. The molecule has 2 amide bonds. The lowest BCUT2D eigenvalue weighted by Gasteiger charge is -2.20. The third-order valence-corrected chi connectivity index (χ3v) is 3.60. The van der Waals surface area contributed by atoms with Gasteiger partial charge in [0.2, 0.25) is 11.8 Å². The Morgan fingerprint density at radius 2 is 1.91 bits per heavy atom. The summed E-state index contributed by atoms with van der Waals surface area (Å²) in [5.74, 6) is -2.20. The van der Waals surface area contributed by atoms with Gasteiger partial charge in [0.15, 0.2) is 11.6 Å². The lowest BCUT2D eigenvalue weighted by Crippen LogP contribution is -2.37.